The molecule has 1 fully saturated rings. The maximum Gasteiger partial charge on any atom is 0.257 e. The molecule has 224 valence electrons. The Bertz CT molecular complexity index is 1550. The second-order valence-corrected chi connectivity index (χ2v) is 12.2. The number of rotatable bonds is 10. The average Bonchev–Trinajstić information content (AvgIpc) is 2.97. The minimum atomic E-state index is -4.07. The SMILES string of the molecule is COc1ccc(S(N)(=O)=O)cc1C(=O)N1CCO[C@@](COc2ccc(Cl)c(C)c2)(CC(=O)N(C)Cc2ccccc2)C1. The summed E-state index contributed by atoms with van der Waals surface area (Å²) in [6.07, 6.45) is -0.0684. The number of aryl methyl sites for hydroxylation is 1. The Morgan fingerprint density at radius 3 is 2.52 bits per heavy atom. The number of hydrogen-bond donors (Lipinski definition) is 1. The van der Waals surface area contributed by atoms with Crippen LogP contribution in [-0.4, -0.2) is 76.1 Å². The molecule has 0 saturated carbocycles. The third-order valence-electron chi connectivity index (χ3n) is 7.06. The Morgan fingerprint density at radius 1 is 1.12 bits per heavy atom. The Morgan fingerprint density at radius 2 is 1.86 bits per heavy atom. The highest BCUT2D eigenvalue weighted by Gasteiger charge is 2.42. The van der Waals surface area contributed by atoms with Gasteiger partial charge in [-0.1, -0.05) is 41.9 Å². The lowest BCUT2D eigenvalue weighted by Crippen LogP contribution is -2.58. The van der Waals surface area contributed by atoms with Gasteiger partial charge in [0.05, 0.1) is 37.1 Å². The normalized spacial score (nSPS) is 17.0. The molecule has 10 nitrogen and oxygen atoms in total. The maximum atomic E-state index is 13.8. The summed E-state index contributed by atoms with van der Waals surface area (Å²) in [5.74, 6) is 0.0438. The van der Waals surface area contributed by atoms with E-state index in [2.05, 4.69) is 0 Å². The zero-order valence-corrected chi connectivity index (χ0v) is 25.3. The minimum absolute atomic E-state index is 0.00603. The zero-order chi connectivity index (χ0) is 30.5. The monoisotopic (exact) mass is 615 g/mol. The highest BCUT2D eigenvalue weighted by atomic mass is 35.5. The van der Waals surface area contributed by atoms with Crippen molar-refractivity contribution in [3.8, 4) is 11.5 Å². The molecule has 2 amide bonds. The van der Waals surface area contributed by atoms with E-state index in [9.17, 15) is 18.0 Å². The van der Waals surface area contributed by atoms with Crippen LogP contribution in [-0.2, 0) is 26.1 Å². The van der Waals surface area contributed by atoms with Gasteiger partial charge in [-0.15, -0.1) is 0 Å². The van der Waals surface area contributed by atoms with Crippen molar-refractivity contribution in [2.75, 3.05) is 40.5 Å². The van der Waals surface area contributed by atoms with E-state index < -0.39 is 21.5 Å². The van der Waals surface area contributed by atoms with Gasteiger partial charge in [0.15, 0.2) is 0 Å². The molecule has 42 heavy (non-hydrogen) atoms. The summed E-state index contributed by atoms with van der Waals surface area (Å²) in [6, 6.07) is 18.7. The lowest BCUT2D eigenvalue weighted by atomic mass is 9.96. The minimum Gasteiger partial charge on any atom is -0.496 e. The van der Waals surface area contributed by atoms with Crippen molar-refractivity contribution in [1.29, 1.82) is 0 Å². The van der Waals surface area contributed by atoms with Gasteiger partial charge in [0.1, 0.15) is 23.7 Å². The van der Waals surface area contributed by atoms with Crippen molar-refractivity contribution in [1.82, 2.24) is 9.80 Å². The number of methoxy groups -OCH3 is 1. The molecule has 1 saturated heterocycles. The van der Waals surface area contributed by atoms with Crippen LogP contribution in [0, 0.1) is 6.92 Å². The van der Waals surface area contributed by atoms with Crippen LogP contribution in [0.3, 0.4) is 0 Å². The second-order valence-electron chi connectivity index (χ2n) is 10.3. The fourth-order valence-electron chi connectivity index (χ4n) is 4.74. The molecule has 1 atom stereocenters. The number of hydrogen-bond acceptors (Lipinski definition) is 7. The van der Waals surface area contributed by atoms with E-state index in [1.807, 2.05) is 37.3 Å². The van der Waals surface area contributed by atoms with Crippen LogP contribution in [0.15, 0.2) is 71.6 Å². The molecule has 2 N–H and O–H groups in total. The molecule has 0 spiro atoms. The van der Waals surface area contributed by atoms with Crippen molar-refractivity contribution in [3.63, 3.8) is 0 Å². The molecule has 4 rings (SSSR count). The highest BCUT2D eigenvalue weighted by molar-refractivity contribution is 7.89. The first-order chi connectivity index (χ1) is 19.9. The molecule has 0 aromatic heterocycles. The summed E-state index contributed by atoms with van der Waals surface area (Å²) < 4.78 is 41.7. The van der Waals surface area contributed by atoms with E-state index >= 15 is 0 Å². The lowest BCUT2D eigenvalue weighted by Gasteiger charge is -2.42. The first kappa shape index (κ1) is 31.3. The molecule has 3 aromatic carbocycles. The molecule has 12 heteroatoms. The van der Waals surface area contributed by atoms with Gasteiger partial charge >= 0.3 is 0 Å². The number of nitrogens with zero attached hydrogens (tertiary/aromatic N) is 2. The van der Waals surface area contributed by atoms with Crippen LogP contribution < -0.4 is 14.6 Å². The van der Waals surface area contributed by atoms with E-state index in [-0.39, 0.29) is 54.8 Å². The van der Waals surface area contributed by atoms with Crippen molar-refractivity contribution < 1.29 is 32.2 Å². The van der Waals surface area contributed by atoms with Crippen molar-refractivity contribution in [2.24, 2.45) is 5.14 Å². The van der Waals surface area contributed by atoms with Crippen molar-refractivity contribution in [3.05, 3.63) is 88.4 Å². The molecule has 0 aliphatic carbocycles. The maximum absolute atomic E-state index is 13.8. The highest BCUT2D eigenvalue weighted by Crippen LogP contribution is 2.30. The number of carbonyl (C=O) groups excluding carboxylic acids is 2. The van der Waals surface area contributed by atoms with E-state index in [1.54, 1.807) is 30.1 Å². The largest absolute Gasteiger partial charge is 0.496 e. The summed E-state index contributed by atoms with van der Waals surface area (Å²) in [6.45, 7) is 2.56. The van der Waals surface area contributed by atoms with Crippen molar-refractivity contribution >= 4 is 33.4 Å². The number of nitrogens with two attached hydrogens (primary N) is 1. The smallest absolute Gasteiger partial charge is 0.257 e. The second kappa shape index (κ2) is 13.1. The van der Waals surface area contributed by atoms with Gasteiger partial charge < -0.3 is 24.0 Å². The van der Waals surface area contributed by atoms with Crippen LogP contribution in [0.25, 0.3) is 0 Å². The first-order valence-corrected chi connectivity index (χ1v) is 15.1. The standard InChI is InChI=1S/C30H34ClN3O7S/c1-21-15-23(9-11-26(21)31)40-20-30(17-28(35)33(2)18-22-7-5-4-6-8-22)19-34(13-14-41-30)29(36)25-16-24(42(32,37)38)10-12-27(25)39-3/h4-12,15-16H,13-14,17-20H2,1-3H3,(H2,32,37,38)/t30-/m0/s1. The predicted octanol–water partition coefficient (Wildman–Crippen LogP) is 3.64. The van der Waals surface area contributed by atoms with E-state index in [1.165, 1.54) is 30.2 Å². The number of carbonyl (C=O) groups is 2. The van der Waals surface area contributed by atoms with Gasteiger partial charge in [-0.25, -0.2) is 13.6 Å². The molecule has 1 heterocycles. The third kappa shape index (κ3) is 7.60. The van der Waals surface area contributed by atoms with Crippen LogP contribution >= 0.6 is 11.6 Å². The van der Waals surface area contributed by atoms with Crippen LogP contribution in [0.2, 0.25) is 5.02 Å². The van der Waals surface area contributed by atoms with Gasteiger partial charge in [-0.3, -0.25) is 9.59 Å². The van der Waals surface area contributed by atoms with E-state index in [0.29, 0.717) is 17.3 Å². The zero-order valence-electron chi connectivity index (χ0n) is 23.7. The summed E-state index contributed by atoms with van der Waals surface area (Å²) >= 11 is 6.17. The third-order valence-corrected chi connectivity index (χ3v) is 8.39. The fraction of sp³-hybridized carbons (Fsp3) is 0.333. The fourth-order valence-corrected chi connectivity index (χ4v) is 5.40. The lowest BCUT2D eigenvalue weighted by molar-refractivity contribution is -0.152. The van der Waals surface area contributed by atoms with Crippen LogP contribution in [0.1, 0.15) is 27.9 Å². The Kier molecular flexibility index (Phi) is 9.78. The quantitative estimate of drug-likeness (QED) is 0.369. The molecule has 1 aliphatic heterocycles. The topological polar surface area (TPSA) is 128 Å². The molecule has 0 bridgehead atoms. The number of amides is 2. The Balaban J connectivity index is 1.61. The van der Waals surface area contributed by atoms with Gasteiger partial charge in [0, 0.05) is 25.2 Å². The number of ether oxygens (including phenoxy) is 3. The number of sulfonamides is 1. The summed E-state index contributed by atoms with van der Waals surface area (Å²) in [5, 5.41) is 5.91. The van der Waals surface area contributed by atoms with E-state index in [4.69, 9.17) is 31.0 Å². The number of benzene rings is 3. The summed E-state index contributed by atoms with van der Waals surface area (Å²) in [7, 11) is -0.971. The van der Waals surface area contributed by atoms with E-state index in [0.717, 1.165) is 11.1 Å². The van der Waals surface area contributed by atoms with Gasteiger partial charge in [-0.2, -0.15) is 0 Å². The molecule has 1 aliphatic rings. The van der Waals surface area contributed by atoms with Crippen LogP contribution in [0.5, 0.6) is 11.5 Å². The van der Waals surface area contributed by atoms with Crippen molar-refractivity contribution in [2.45, 2.75) is 30.4 Å². The van der Waals surface area contributed by atoms with Gasteiger partial charge in [-0.05, 0) is 54.4 Å². The molecule has 0 unspecified atom stereocenters. The number of primary sulfonamides is 1. The number of morpholine rings is 1. The molecular weight excluding hydrogens is 582 g/mol. The molecule has 0 radical (unpaired) electrons. The van der Waals surface area contributed by atoms with Gasteiger partial charge in [0.25, 0.3) is 5.91 Å². The summed E-state index contributed by atoms with van der Waals surface area (Å²) in [4.78, 5) is 30.2. The molecular formula is C30H34ClN3O7S. The van der Waals surface area contributed by atoms with Gasteiger partial charge in [0.2, 0.25) is 15.9 Å². The first-order valence-electron chi connectivity index (χ1n) is 13.2. The summed E-state index contributed by atoms with van der Waals surface area (Å²) in [5.41, 5.74) is 0.624. The Labute approximate surface area is 251 Å². The Hall–Kier alpha value is -3.64. The molecule has 3 aromatic rings. The number of halogens is 1. The average molecular weight is 616 g/mol. The van der Waals surface area contributed by atoms with Crippen LogP contribution in [0.4, 0.5) is 0 Å². The predicted molar refractivity (Wildman–Crippen MR) is 158 cm³/mol.